The molecule has 0 aromatic heterocycles. The van der Waals surface area contributed by atoms with Crippen LogP contribution in [0.25, 0.3) is 6.08 Å². The van der Waals surface area contributed by atoms with E-state index in [9.17, 15) is 16.8 Å². The molecular weight excluding hydrogens is 396 g/mol. The summed E-state index contributed by atoms with van der Waals surface area (Å²) in [6.07, 6.45) is 3.20. The van der Waals surface area contributed by atoms with Gasteiger partial charge in [0.1, 0.15) is 0 Å². The van der Waals surface area contributed by atoms with Gasteiger partial charge in [0.15, 0.2) is 0 Å². The van der Waals surface area contributed by atoms with Crippen molar-refractivity contribution >= 4 is 31.8 Å². The largest absolute Gasteiger partial charge is 0.280 e. The van der Waals surface area contributed by atoms with E-state index >= 15 is 0 Å². The highest BCUT2D eigenvalue weighted by Gasteiger charge is 2.27. The first-order valence-corrected chi connectivity index (χ1v) is 12.1. The van der Waals surface area contributed by atoms with E-state index in [0.29, 0.717) is 24.7 Å². The van der Waals surface area contributed by atoms with Crippen molar-refractivity contribution in [3.63, 3.8) is 0 Å². The van der Waals surface area contributed by atoms with Gasteiger partial charge >= 0.3 is 0 Å². The lowest BCUT2D eigenvalue weighted by Crippen LogP contribution is -2.37. The maximum absolute atomic E-state index is 12.7. The fraction of sp³-hybridized carbons (Fsp3) is 0.300. The number of hydrogen-bond donors (Lipinski definition) is 1. The maximum atomic E-state index is 12.7. The number of hydrogen-bond acceptors (Lipinski definition) is 4. The van der Waals surface area contributed by atoms with Crippen LogP contribution in [0.15, 0.2) is 64.9 Å². The van der Waals surface area contributed by atoms with Crippen LogP contribution in [0.2, 0.25) is 0 Å². The van der Waals surface area contributed by atoms with Gasteiger partial charge in [-0.1, -0.05) is 37.3 Å². The number of nitrogens with one attached hydrogen (secondary N) is 1. The molecule has 28 heavy (non-hydrogen) atoms. The first kappa shape index (κ1) is 20.6. The first-order valence-electron chi connectivity index (χ1n) is 9.12. The SMILES string of the molecule is CC1CCN(S(=O)(=O)c2ccc(NS(=O)(=O)/C=C/c3ccccc3)cc2)CC1. The van der Waals surface area contributed by atoms with Crippen LogP contribution in [-0.2, 0) is 20.0 Å². The van der Waals surface area contributed by atoms with Gasteiger partial charge in [-0.25, -0.2) is 16.8 Å². The molecule has 1 aliphatic rings. The van der Waals surface area contributed by atoms with Crippen LogP contribution in [0.3, 0.4) is 0 Å². The van der Waals surface area contributed by atoms with E-state index in [1.165, 1.54) is 34.6 Å². The Morgan fingerprint density at radius 2 is 1.54 bits per heavy atom. The third-order valence-corrected chi connectivity index (χ3v) is 7.66. The molecule has 1 N–H and O–H groups in total. The van der Waals surface area contributed by atoms with E-state index in [0.717, 1.165) is 23.8 Å². The molecule has 0 spiro atoms. The molecule has 8 heteroatoms. The van der Waals surface area contributed by atoms with Gasteiger partial charge in [-0.05, 0) is 54.7 Å². The molecule has 1 fully saturated rings. The number of sulfonamides is 2. The van der Waals surface area contributed by atoms with Crippen molar-refractivity contribution in [2.24, 2.45) is 5.92 Å². The average Bonchev–Trinajstić information content (AvgIpc) is 2.68. The predicted octanol–water partition coefficient (Wildman–Crippen LogP) is 3.52. The van der Waals surface area contributed by atoms with Crippen molar-refractivity contribution in [1.29, 1.82) is 0 Å². The Balaban J connectivity index is 1.69. The number of piperidine rings is 1. The standard InChI is InChI=1S/C20H24N2O4S2/c1-17-11-14-22(15-12-17)28(25,26)20-9-7-19(8-10-20)21-27(23,24)16-13-18-5-3-2-4-6-18/h2-10,13,16-17,21H,11-12,14-15H2,1H3/b16-13+. The molecule has 3 rings (SSSR count). The fourth-order valence-corrected chi connectivity index (χ4v) is 5.34. The second kappa shape index (κ2) is 8.46. The smallest absolute Gasteiger partial charge is 0.255 e. The highest BCUT2D eigenvalue weighted by molar-refractivity contribution is 7.95. The van der Waals surface area contributed by atoms with E-state index in [4.69, 9.17) is 0 Å². The molecule has 2 aromatic rings. The van der Waals surface area contributed by atoms with E-state index in [-0.39, 0.29) is 4.90 Å². The van der Waals surface area contributed by atoms with Gasteiger partial charge in [0, 0.05) is 18.8 Å². The molecule has 0 unspecified atom stereocenters. The zero-order valence-corrected chi connectivity index (χ0v) is 17.3. The third kappa shape index (κ3) is 5.21. The van der Waals surface area contributed by atoms with Gasteiger partial charge in [0.25, 0.3) is 10.0 Å². The molecule has 1 aliphatic heterocycles. The van der Waals surface area contributed by atoms with E-state index < -0.39 is 20.0 Å². The van der Waals surface area contributed by atoms with Gasteiger partial charge in [-0.3, -0.25) is 4.72 Å². The monoisotopic (exact) mass is 420 g/mol. The Morgan fingerprint density at radius 3 is 2.14 bits per heavy atom. The van der Waals surface area contributed by atoms with Crippen LogP contribution in [-0.4, -0.2) is 34.2 Å². The average molecular weight is 421 g/mol. The summed E-state index contributed by atoms with van der Waals surface area (Å²) in [4.78, 5) is 0.171. The highest BCUT2D eigenvalue weighted by Crippen LogP contribution is 2.24. The summed E-state index contributed by atoms with van der Waals surface area (Å²) in [6, 6.07) is 14.9. The second-order valence-electron chi connectivity index (χ2n) is 6.97. The molecule has 0 aliphatic carbocycles. The quantitative estimate of drug-likeness (QED) is 0.775. The Hall–Kier alpha value is -2.16. The Morgan fingerprint density at radius 1 is 0.929 bits per heavy atom. The Labute approximate surface area is 167 Å². The molecule has 0 bridgehead atoms. The highest BCUT2D eigenvalue weighted by atomic mass is 32.2. The summed E-state index contributed by atoms with van der Waals surface area (Å²) in [7, 11) is -7.25. The van der Waals surface area contributed by atoms with Crippen LogP contribution in [0.5, 0.6) is 0 Å². The number of nitrogens with zero attached hydrogens (tertiary/aromatic N) is 1. The second-order valence-corrected chi connectivity index (χ2v) is 10.5. The molecule has 1 heterocycles. The zero-order valence-electron chi connectivity index (χ0n) is 15.7. The zero-order chi connectivity index (χ0) is 20.2. The van der Waals surface area contributed by atoms with Crippen molar-refractivity contribution < 1.29 is 16.8 Å². The van der Waals surface area contributed by atoms with Crippen LogP contribution < -0.4 is 4.72 Å². The van der Waals surface area contributed by atoms with Gasteiger partial charge in [0.05, 0.1) is 10.3 Å². The van der Waals surface area contributed by atoms with Gasteiger partial charge < -0.3 is 0 Å². The number of anilines is 1. The third-order valence-electron chi connectivity index (χ3n) is 4.73. The molecule has 150 valence electrons. The minimum absolute atomic E-state index is 0.171. The van der Waals surface area contributed by atoms with Crippen molar-refractivity contribution in [2.45, 2.75) is 24.7 Å². The summed E-state index contributed by atoms with van der Waals surface area (Å²) >= 11 is 0. The number of rotatable bonds is 6. The Bertz CT molecular complexity index is 1020. The van der Waals surface area contributed by atoms with Crippen LogP contribution in [0, 0.1) is 5.92 Å². The molecule has 0 radical (unpaired) electrons. The molecule has 0 atom stereocenters. The summed E-state index contributed by atoms with van der Waals surface area (Å²) < 4.78 is 53.8. The Kier molecular flexibility index (Phi) is 6.22. The van der Waals surface area contributed by atoms with Gasteiger partial charge in [0.2, 0.25) is 10.0 Å². The summed E-state index contributed by atoms with van der Waals surface area (Å²) in [6.45, 7) is 3.15. The van der Waals surface area contributed by atoms with Crippen LogP contribution >= 0.6 is 0 Å². The molecule has 2 aromatic carbocycles. The molecule has 0 saturated carbocycles. The summed E-state index contributed by atoms with van der Waals surface area (Å²) in [5, 5.41) is 1.09. The summed E-state index contributed by atoms with van der Waals surface area (Å²) in [5.41, 5.74) is 1.08. The lowest BCUT2D eigenvalue weighted by atomic mass is 10.0. The minimum Gasteiger partial charge on any atom is -0.280 e. The minimum atomic E-state index is -3.70. The van der Waals surface area contributed by atoms with Gasteiger partial charge in [-0.15, -0.1) is 0 Å². The van der Waals surface area contributed by atoms with Gasteiger partial charge in [-0.2, -0.15) is 4.31 Å². The molecule has 6 nitrogen and oxygen atoms in total. The van der Waals surface area contributed by atoms with E-state index in [1.54, 1.807) is 12.1 Å². The normalized spacial score (nSPS) is 17.0. The van der Waals surface area contributed by atoms with Crippen LogP contribution in [0.4, 0.5) is 5.69 Å². The lowest BCUT2D eigenvalue weighted by Gasteiger charge is -2.29. The van der Waals surface area contributed by atoms with Crippen molar-refractivity contribution in [3.05, 3.63) is 65.6 Å². The molecule has 0 amide bonds. The molecular formula is C20H24N2O4S2. The topological polar surface area (TPSA) is 83.6 Å². The summed E-state index contributed by atoms with van der Waals surface area (Å²) in [5.74, 6) is 0.534. The first-order chi connectivity index (χ1) is 13.3. The lowest BCUT2D eigenvalue weighted by molar-refractivity contribution is 0.288. The maximum Gasteiger partial charge on any atom is 0.255 e. The fourth-order valence-electron chi connectivity index (χ4n) is 3.00. The van der Waals surface area contributed by atoms with Crippen LogP contribution in [0.1, 0.15) is 25.3 Å². The van der Waals surface area contributed by atoms with E-state index in [2.05, 4.69) is 11.6 Å². The van der Waals surface area contributed by atoms with Crippen molar-refractivity contribution in [3.8, 4) is 0 Å². The molecule has 1 saturated heterocycles. The number of benzene rings is 2. The predicted molar refractivity (Wildman–Crippen MR) is 112 cm³/mol. The van der Waals surface area contributed by atoms with E-state index in [1.807, 2.05) is 18.2 Å². The van der Waals surface area contributed by atoms with Crippen molar-refractivity contribution in [2.75, 3.05) is 17.8 Å². The van der Waals surface area contributed by atoms with Crippen molar-refractivity contribution in [1.82, 2.24) is 4.31 Å².